The Balaban J connectivity index is 2.59. The van der Waals surface area contributed by atoms with Crippen LogP contribution in [-0.2, 0) is 0 Å². The van der Waals surface area contributed by atoms with Crippen LogP contribution in [0.2, 0.25) is 0 Å². The van der Waals surface area contributed by atoms with Crippen molar-refractivity contribution in [3.63, 3.8) is 0 Å². The van der Waals surface area contributed by atoms with E-state index in [9.17, 15) is 0 Å². The summed E-state index contributed by atoms with van der Waals surface area (Å²) in [6.45, 7) is 20.3. The topological polar surface area (TPSA) is 12.0 Å². The van der Waals surface area contributed by atoms with Crippen LogP contribution in [0.5, 0.6) is 0 Å². The molecular formula is C20H41N. The molecule has 0 aliphatic heterocycles. The molecule has 2 atom stereocenters. The van der Waals surface area contributed by atoms with Crippen LogP contribution in [0.1, 0.15) is 93.9 Å². The van der Waals surface area contributed by atoms with Gasteiger partial charge in [0.2, 0.25) is 0 Å². The van der Waals surface area contributed by atoms with Gasteiger partial charge in [-0.3, -0.25) is 0 Å². The monoisotopic (exact) mass is 295 g/mol. The van der Waals surface area contributed by atoms with E-state index in [1.165, 1.54) is 45.1 Å². The lowest BCUT2D eigenvalue weighted by molar-refractivity contribution is 0.0963. The summed E-state index contributed by atoms with van der Waals surface area (Å²) in [6, 6.07) is 0.633. The molecular weight excluding hydrogens is 254 g/mol. The molecule has 0 aromatic rings. The smallest absolute Gasteiger partial charge is 0.0113 e. The van der Waals surface area contributed by atoms with E-state index >= 15 is 0 Å². The molecule has 126 valence electrons. The predicted molar refractivity (Wildman–Crippen MR) is 95.7 cm³/mol. The van der Waals surface area contributed by atoms with Crippen LogP contribution in [-0.4, -0.2) is 12.6 Å². The van der Waals surface area contributed by atoms with Gasteiger partial charge < -0.3 is 5.32 Å². The summed E-state index contributed by atoms with van der Waals surface area (Å²) in [7, 11) is 0. The molecule has 1 aliphatic rings. The molecule has 0 bridgehead atoms. The lowest BCUT2D eigenvalue weighted by Gasteiger charge is -2.43. The number of nitrogens with one attached hydrogen (secondary N) is 1. The Morgan fingerprint density at radius 3 is 1.95 bits per heavy atom. The summed E-state index contributed by atoms with van der Waals surface area (Å²) >= 11 is 0. The Bertz CT molecular complexity index is 301. The van der Waals surface area contributed by atoms with Crippen LogP contribution in [0, 0.1) is 22.2 Å². The predicted octanol–water partition coefficient (Wildman–Crippen LogP) is 6.03. The van der Waals surface area contributed by atoms with Gasteiger partial charge in [0, 0.05) is 6.04 Å². The average molecular weight is 296 g/mol. The SMILES string of the molecule is CCC(NCC(CC(C)(C)C)CC1(C)CCC1)C(C)(C)C. The van der Waals surface area contributed by atoms with Crippen molar-refractivity contribution in [1.82, 2.24) is 5.32 Å². The minimum absolute atomic E-state index is 0.363. The Labute approximate surface area is 134 Å². The molecule has 1 fully saturated rings. The van der Waals surface area contributed by atoms with E-state index in [1.807, 2.05) is 0 Å². The lowest BCUT2D eigenvalue weighted by atomic mass is 9.64. The molecule has 1 rings (SSSR count). The molecule has 1 heteroatoms. The summed E-state index contributed by atoms with van der Waals surface area (Å²) < 4.78 is 0. The third-order valence-corrected chi connectivity index (χ3v) is 5.35. The van der Waals surface area contributed by atoms with Gasteiger partial charge in [-0.2, -0.15) is 0 Å². The second-order valence-electron chi connectivity index (χ2n) is 10.2. The molecule has 1 aliphatic carbocycles. The third-order valence-electron chi connectivity index (χ3n) is 5.35. The molecule has 0 radical (unpaired) electrons. The Hall–Kier alpha value is -0.0400. The standard InChI is InChI=1S/C20H41N/c1-9-17(19(5,6)7)21-15-16(13-18(2,3)4)14-20(8)11-10-12-20/h16-17,21H,9-15H2,1-8H3. The first-order valence-electron chi connectivity index (χ1n) is 9.19. The van der Waals surface area contributed by atoms with Gasteiger partial charge in [0.15, 0.2) is 0 Å². The largest absolute Gasteiger partial charge is 0.313 e. The highest BCUT2D eigenvalue weighted by atomic mass is 14.9. The summed E-state index contributed by atoms with van der Waals surface area (Å²) in [5.74, 6) is 0.826. The summed E-state index contributed by atoms with van der Waals surface area (Å²) in [5, 5.41) is 3.90. The Morgan fingerprint density at radius 2 is 1.62 bits per heavy atom. The van der Waals surface area contributed by atoms with Crippen LogP contribution in [0.25, 0.3) is 0 Å². The molecule has 0 aromatic carbocycles. The van der Waals surface area contributed by atoms with E-state index < -0.39 is 0 Å². The summed E-state index contributed by atoms with van der Waals surface area (Å²) in [5.41, 5.74) is 1.44. The van der Waals surface area contributed by atoms with Crippen molar-refractivity contribution in [3.8, 4) is 0 Å². The molecule has 0 heterocycles. The number of rotatable bonds is 7. The minimum Gasteiger partial charge on any atom is -0.313 e. The van der Waals surface area contributed by atoms with Crippen LogP contribution in [0.4, 0.5) is 0 Å². The first kappa shape index (κ1) is 19.0. The van der Waals surface area contributed by atoms with Crippen LogP contribution in [0.3, 0.4) is 0 Å². The normalized spacial score (nSPS) is 21.7. The first-order valence-corrected chi connectivity index (χ1v) is 9.19. The van der Waals surface area contributed by atoms with Crippen molar-refractivity contribution in [1.29, 1.82) is 0 Å². The van der Waals surface area contributed by atoms with Crippen LogP contribution >= 0.6 is 0 Å². The fourth-order valence-corrected chi connectivity index (χ4v) is 4.14. The second-order valence-corrected chi connectivity index (χ2v) is 10.2. The molecule has 2 unspecified atom stereocenters. The maximum Gasteiger partial charge on any atom is 0.0113 e. The molecule has 21 heavy (non-hydrogen) atoms. The van der Waals surface area contributed by atoms with E-state index in [1.54, 1.807) is 0 Å². The molecule has 0 saturated heterocycles. The fourth-order valence-electron chi connectivity index (χ4n) is 4.14. The van der Waals surface area contributed by atoms with Crippen LogP contribution in [0.15, 0.2) is 0 Å². The minimum atomic E-state index is 0.363. The zero-order chi connectivity index (χ0) is 16.3. The maximum absolute atomic E-state index is 3.90. The highest BCUT2D eigenvalue weighted by Gasteiger charge is 2.35. The average Bonchev–Trinajstić information content (AvgIpc) is 2.23. The number of hydrogen-bond donors (Lipinski definition) is 1. The fraction of sp³-hybridized carbons (Fsp3) is 1.00. The van der Waals surface area contributed by atoms with Gasteiger partial charge in [-0.25, -0.2) is 0 Å². The first-order chi connectivity index (χ1) is 9.45. The highest BCUT2D eigenvalue weighted by Crippen LogP contribution is 2.46. The molecule has 1 nitrogen and oxygen atoms in total. The second kappa shape index (κ2) is 7.02. The Kier molecular flexibility index (Phi) is 6.36. The van der Waals surface area contributed by atoms with Crippen molar-refractivity contribution >= 4 is 0 Å². The van der Waals surface area contributed by atoms with E-state index in [2.05, 4.69) is 60.7 Å². The molecule has 0 aromatic heterocycles. The van der Waals surface area contributed by atoms with Crippen molar-refractivity contribution in [3.05, 3.63) is 0 Å². The van der Waals surface area contributed by atoms with Gasteiger partial charge in [0.1, 0.15) is 0 Å². The lowest BCUT2D eigenvalue weighted by Crippen LogP contribution is -2.43. The van der Waals surface area contributed by atoms with Gasteiger partial charge in [0.05, 0.1) is 0 Å². The summed E-state index contributed by atoms with van der Waals surface area (Å²) in [6.07, 6.45) is 8.33. The molecule has 0 spiro atoms. The van der Waals surface area contributed by atoms with Crippen molar-refractivity contribution < 1.29 is 0 Å². The van der Waals surface area contributed by atoms with Crippen molar-refractivity contribution in [2.24, 2.45) is 22.2 Å². The summed E-state index contributed by atoms with van der Waals surface area (Å²) in [4.78, 5) is 0. The molecule has 1 N–H and O–H groups in total. The van der Waals surface area contributed by atoms with Gasteiger partial charge in [-0.1, -0.05) is 61.8 Å². The number of hydrogen-bond acceptors (Lipinski definition) is 1. The van der Waals surface area contributed by atoms with Crippen LogP contribution < -0.4 is 5.32 Å². The zero-order valence-corrected chi connectivity index (χ0v) is 16.1. The third kappa shape index (κ3) is 6.72. The van der Waals surface area contributed by atoms with E-state index in [-0.39, 0.29) is 0 Å². The van der Waals surface area contributed by atoms with E-state index in [4.69, 9.17) is 0 Å². The zero-order valence-electron chi connectivity index (χ0n) is 16.1. The van der Waals surface area contributed by atoms with E-state index in [0.29, 0.717) is 22.3 Å². The van der Waals surface area contributed by atoms with Crippen molar-refractivity contribution in [2.75, 3.05) is 6.54 Å². The molecule has 0 amide bonds. The highest BCUT2D eigenvalue weighted by molar-refractivity contribution is 4.88. The molecule has 1 saturated carbocycles. The van der Waals surface area contributed by atoms with Crippen molar-refractivity contribution in [2.45, 2.75) is 100.0 Å². The Morgan fingerprint density at radius 1 is 1.05 bits per heavy atom. The quantitative estimate of drug-likeness (QED) is 0.604. The van der Waals surface area contributed by atoms with Gasteiger partial charge in [0.25, 0.3) is 0 Å². The van der Waals surface area contributed by atoms with E-state index in [0.717, 1.165) is 5.92 Å². The van der Waals surface area contributed by atoms with Gasteiger partial charge in [-0.05, 0) is 60.8 Å². The maximum atomic E-state index is 3.90. The van der Waals surface area contributed by atoms with Gasteiger partial charge in [-0.15, -0.1) is 0 Å². The van der Waals surface area contributed by atoms with Gasteiger partial charge >= 0.3 is 0 Å².